The lowest BCUT2D eigenvalue weighted by Crippen LogP contribution is -2.20. The van der Waals surface area contributed by atoms with Gasteiger partial charge < -0.3 is 10.1 Å². The molecule has 9 nitrogen and oxygen atoms in total. The van der Waals surface area contributed by atoms with Crippen molar-refractivity contribution in [2.24, 2.45) is 0 Å². The lowest BCUT2D eigenvalue weighted by Gasteiger charge is -2.08. The number of fused-ring (bicyclic) bond motifs is 1. The largest absolute Gasteiger partial charge is 0.462 e. The van der Waals surface area contributed by atoms with Crippen molar-refractivity contribution in [1.82, 2.24) is 9.78 Å². The minimum absolute atomic E-state index is 0.0780. The van der Waals surface area contributed by atoms with Crippen molar-refractivity contribution in [3.8, 4) is 0 Å². The minimum atomic E-state index is -0.497. The van der Waals surface area contributed by atoms with Crippen molar-refractivity contribution in [3.05, 3.63) is 50.5 Å². The molecule has 0 aliphatic rings. The van der Waals surface area contributed by atoms with Gasteiger partial charge in [0.1, 0.15) is 11.5 Å². The number of esters is 1. The third kappa shape index (κ3) is 4.11. The highest BCUT2D eigenvalue weighted by atomic mass is 32.1. The van der Waals surface area contributed by atoms with Crippen molar-refractivity contribution >= 4 is 44.8 Å². The quantitative estimate of drug-likeness (QED) is 0.357. The monoisotopic (exact) mass is 416 g/mol. The van der Waals surface area contributed by atoms with Crippen LogP contribution in [-0.2, 0) is 22.5 Å². The molecule has 10 heteroatoms. The molecule has 152 valence electrons. The summed E-state index contributed by atoms with van der Waals surface area (Å²) in [6.45, 7) is 5.62. The Hall–Kier alpha value is -3.27. The number of anilines is 1. The van der Waals surface area contributed by atoms with E-state index in [1.807, 2.05) is 13.8 Å². The molecule has 1 N–H and O–H groups in total. The van der Waals surface area contributed by atoms with Gasteiger partial charge in [-0.2, -0.15) is 5.10 Å². The van der Waals surface area contributed by atoms with E-state index in [1.165, 1.54) is 28.2 Å². The molecule has 2 heterocycles. The van der Waals surface area contributed by atoms with Crippen LogP contribution in [0.4, 0.5) is 10.7 Å². The molecule has 1 amide bonds. The van der Waals surface area contributed by atoms with E-state index in [-0.39, 0.29) is 18.8 Å². The molecule has 0 fully saturated rings. The number of hydrogen-bond donors (Lipinski definition) is 1. The minimum Gasteiger partial charge on any atom is -0.462 e. The summed E-state index contributed by atoms with van der Waals surface area (Å²) < 4.78 is 6.51. The molecular formula is C19H20N4O5S. The number of hydrogen-bond acceptors (Lipinski definition) is 7. The second-order valence-corrected chi connectivity index (χ2v) is 7.38. The summed E-state index contributed by atoms with van der Waals surface area (Å²) in [5.41, 5.74) is 1.57. The average Bonchev–Trinajstić information content (AvgIpc) is 3.21. The van der Waals surface area contributed by atoms with Crippen LogP contribution in [0.15, 0.2) is 24.4 Å². The lowest BCUT2D eigenvalue weighted by molar-refractivity contribution is -0.384. The number of carbonyl (C=O) groups is 2. The fraction of sp³-hybridized carbons (Fsp3) is 0.316. The first-order valence-electron chi connectivity index (χ1n) is 9.04. The number of carbonyl (C=O) groups excluding carboxylic acids is 2. The molecule has 0 atom stereocenters. The Bertz CT molecular complexity index is 1100. The number of thiophene rings is 1. The van der Waals surface area contributed by atoms with Gasteiger partial charge in [0.25, 0.3) is 5.69 Å². The molecule has 0 spiro atoms. The Labute approximate surface area is 170 Å². The van der Waals surface area contributed by atoms with Gasteiger partial charge in [0.15, 0.2) is 0 Å². The Kier molecular flexibility index (Phi) is 5.92. The van der Waals surface area contributed by atoms with Gasteiger partial charge in [0.05, 0.1) is 28.8 Å². The molecular weight excluding hydrogens is 396 g/mol. The molecule has 1 aromatic carbocycles. The molecule has 2 aromatic heterocycles. The SMILES string of the molecule is CCOC(=O)c1c(NC(=O)Cn2ncc3ccc([N+](=O)[O-])cc32)sc(CC)c1C. The maximum Gasteiger partial charge on any atom is 0.341 e. The highest BCUT2D eigenvalue weighted by molar-refractivity contribution is 7.17. The van der Waals surface area contributed by atoms with E-state index in [1.54, 1.807) is 19.2 Å². The van der Waals surface area contributed by atoms with Crippen LogP contribution in [0.1, 0.15) is 34.6 Å². The molecule has 3 aromatic rings. The topological polar surface area (TPSA) is 116 Å². The Balaban J connectivity index is 1.86. The first-order valence-corrected chi connectivity index (χ1v) is 9.86. The number of amides is 1. The number of rotatable bonds is 7. The number of nitro benzene ring substituents is 1. The molecule has 0 radical (unpaired) electrons. The summed E-state index contributed by atoms with van der Waals surface area (Å²) in [6.07, 6.45) is 2.27. The van der Waals surface area contributed by atoms with Crippen molar-refractivity contribution in [2.45, 2.75) is 33.7 Å². The Morgan fingerprint density at radius 2 is 2.10 bits per heavy atom. The normalized spacial score (nSPS) is 10.9. The molecule has 0 saturated heterocycles. The third-order valence-corrected chi connectivity index (χ3v) is 5.78. The predicted octanol–water partition coefficient (Wildman–Crippen LogP) is 3.69. The standard InChI is InChI=1S/C19H20N4O5S/c1-4-15-11(3)17(19(25)28-5-2)18(29-15)21-16(24)10-22-14-8-13(23(26)27)7-6-12(14)9-20-22/h6-9H,4-5,10H2,1-3H3,(H,21,24). The maximum absolute atomic E-state index is 12.6. The van der Waals surface area contributed by atoms with Crippen LogP contribution in [0.5, 0.6) is 0 Å². The van der Waals surface area contributed by atoms with Crippen LogP contribution in [-0.4, -0.2) is 33.2 Å². The van der Waals surface area contributed by atoms with E-state index >= 15 is 0 Å². The Morgan fingerprint density at radius 3 is 2.76 bits per heavy atom. The van der Waals surface area contributed by atoms with E-state index in [0.717, 1.165) is 16.9 Å². The predicted molar refractivity (Wildman–Crippen MR) is 109 cm³/mol. The number of nitrogens with zero attached hydrogens (tertiary/aromatic N) is 3. The Morgan fingerprint density at radius 1 is 1.34 bits per heavy atom. The zero-order valence-corrected chi connectivity index (χ0v) is 17.0. The molecule has 0 saturated carbocycles. The number of aromatic nitrogens is 2. The maximum atomic E-state index is 12.6. The van der Waals surface area contributed by atoms with E-state index in [9.17, 15) is 19.7 Å². The zero-order valence-electron chi connectivity index (χ0n) is 16.2. The van der Waals surface area contributed by atoms with Crippen LogP contribution in [0.3, 0.4) is 0 Å². The van der Waals surface area contributed by atoms with Gasteiger partial charge in [-0.3, -0.25) is 19.6 Å². The second kappa shape index (κ2) is 8.39. The van der Waals surface area contributed by atoms with E-state index in [4.69, 9.17) is 4.74 Å². The first kappa shape index (κ1) is 20.5. The van der Waals surface area contributed by atoms with Crippen molar-refractivity contribution in [1.29, 1.82) is 0 Å². The summed E-state index contributed by atoms with van der Waals surface area (Å²) in [5.74, 6) is -0.868. The van der Waals surface area contributed by atoms with Crippen LogP contribution < -0.4 is 5.32 Å². The van der Waals surface area contributed by atoms with Crippen molar-refractivity contribution < 1.29 is 19.2 Å². The third-order valence-electron chi connectivity index (χ3n) is 4.43. The van der Waals surface area contributed by atoms with Gasteiger partial charge in [-0.25, -0.2) is 4.79 Å². The molecule has 3 rings (SSSR count). The van der Waals surface area contributed by atoms with E-state index in [0.29, 0.717) is 21.5 Å². The number of nitrogens with one attached hydrogen (secondary N) is 1. The van der Waals surface area contributed by atoms with Gasteiger partial charge in [-0.15, -0.1) is 11.3 Å². The van der Waals surface area contributed by atoms with Crippen molar-refractivity contribution in [2.75, 3.05) is 11.9 Å². The van der Waals surface area contributed by atoms with E-state index < -0.39 is 16.8 Å². The number of nitro groups is 1. The molecule has 0 aliphatic carbocycles. The number of benzene rings is 1. The highest BCUT2D eigenvalue weighted by Gasteiger charge is 2.23. The van der Waals surface area contributed by atoms with Gasteiger partial charge in [0.2, 0.25) is 5.91 Å². The molecule has 0 aliphatic heterocycles. The molecule has 0 unspecified atom stereocenters. The van der Waals surface area contributed by atoms with Crippen LogP contribution >= 0.6 is 11.3 Å². The summed E-state index contributed by atoms with van der Waals surface area (Å²) in [5, 5.41) is 19.1. The van der Waals surface area contributed by atoms with Crippen LogP contribution in [0, 0.1) is 17.0 Å². The van der Waals surface area contributed by atoms with Crippen LogP contribution in [0.25, 0.3) is 10.9 Å². The number of non-ortho nitro benzene ring substituents is 1. The molecule has 0 bridgehead atoms. The summed E-state index contributed by atoms with van der Waals surface area (Å²) in [6, 6.07) is 4.36. The fourth-order valence-electron chi connectivity index (χ4n) is 3.04. The smallest absolute Gasteiger partial charge is 0.341 e. The summed E-state index contributed by atoms with van der Waals surface area (Å²) in [4.78, 5) is 36.5. The van der Waals surface area contributed by atoms with E-state index in [2.05, 4.69) is 10.4 Å². The van der Waals surface area contributed by atoms with Gasteiger partial charge in [-0.1, -0.05) is 6.92 Å². The zero-order chi connectivity index (χ0) is 21.1. The fourth-order valence-corrected chi connectivity index (χ4v) is 4.18. The van der Waals surface area contributed by atoms with Crippen molar-refractivity contribution in [3.63, 3.8) is 0 Å². The first-order chi connectivity index (χ1) is 13.8. The average molecular weight is 416 g/mol. The second-order valence-electron chi connectivity index (χ2n) is 6.28. The number of ether oxygens (including phenoxy) is 1. The highest BCUT2D eigenvalue weighted by Crippen LogP contribution is 2.34. The van der Waals surface area contributed by atoms with Gasteiger partial charge in [0, 0.05) is 22.4 Å². The summed E-state index contributed by atoms with van der Waals surface area (Å²) in [7, 11) is 0. The summed E-state index contributed by atoms with van der Waals surface area (Å²) >= 11 is 1.34. The lowest BCUT2D eigenvalue weighted by atomic mass is 10.1. The van der Waals surface area contributed by atoms with Gasteiger partial charge in [-0.05, 0) is 31.9 Å². The molecule has 29 heavy (non-hydrogen) atoms. The number of aryl methyl sites for hydroxylation is 1. The van der Waals surface area contributed by atoms with Gasteiger partial charge >= 0.3 is 5.97 Å². The van der Waals surface area contributed by atoms with Crippen LogP contribution in [0.2, 0.25) is 0 Å².